The fourth-order valence-corrected chi connectivity index (χ4v) is 9.05. The van der Waals surface area contributed by atoms with Crippen LogP contribution in [-0.4, -0.2) is 82.5 Å². The number of fused-ring (bicyclic) bond motifs is 3. The van der Waals surface area contributed by atoms with Crippen molar-refractivity contribution in [3.8, 4) is 45.1 Å². The molecule has 14 nitrogen and oxygen atoms in total. The summed E-state index contributed by atoms with van der Waals surface area (Å²) in [6, 6.07) is 23.4. The van der Waals surface area contributed by atoms with Crippen molar-refractivity contribution in [2.75, 3.05) is 13.2 Å². The molecule has 17 heteroatoms. The Hall–Kier alpha value is -6.25. The third kappa shape index (κ3) is 7.76. The first kappa shape index (κ1) is 41.7. The van der Waals surface area contributed by atoms with Gasteiger partial charge in [-0.05, 0) is 102 Å². The quantitative estimate of drug-likeness (QED) is 0.0974. The molecule has 2 aliphatic rings. The van der Waals surface area contributed by atoms with Crippen molar-refractivity contribution in [3.05, 3.63) is 151 Å². The number of aromatic nitrogens is 6. The lowest BCUT2D eigenvalue weighted by atomic mass is 10.0. The summed E-state index contributed by atoms with van der Waals surface area (Å²) < 4.78 is 59.0. The first-order chi connectivity index (χ1) is 30.8. The number of hydrogen-bond acceptors (Lipinski definition) is 10. The lowest BCUT2D eigenvalue weighted by molar-refractivity contribution is -0.0412. The van der Waals surface area contributed by atoms with E-state index >= 15 is 4.39 Å². The molecular weight excluding hydrogens is 941 g/mol. The molecule has 4 aromatic carbocycles. The fourth-order valence-electron chi connectivity index (χ4n) is 8.43. The molecule has 8 aromatic rings. The highest BCUT2D eigenvalue weighted by Crippen LogP contribution is 2.42. The van der Waals surface area contributed by atoms with Gasteiger partial charge in [-0.15, -0.1) is 0 Å². The van der Waals surface area contributed by atoms with E-state index in [0.717, 1.165) is 0 Å². The zero-order valence-electron chi connectivity index (χ0n) is 34.2. The van der Waals surface area contributed by atoms with Gasteiger partial charge >= 0.3 is 0 Å². The van der Waals surface area contributed by atoms with Crippen molar-refractivity contribution < 1.29 is 37.9 Å². The van der Waals surface area contributed by atoms with Crippen molar-refractivity contribution in [2.45, 2.75) is 56.4 Å². The normalized spacial score (nSPS) is 19.7. The van der Waals surface area contributed by atoms with E-state index in [0.29, 0.717) is 83.8 Å². The molecule has 4 aromatic heterocycles. The van der Waals surface area contributed by atoms with Gasteiger partial charge in [-0.25, -0.2) is 18.7 Å². The van der Waals surface area contributed by atoms with Crippen LogP contribution in [0.5, 0.6) is 11.5 Å². The maximum atomic E-state index is 16.2. The van der Waals surface area contributed by atoms with Crippen molar-refractivity contribution in [1.29, 1.82) is 0 Å². The number of H-pyrrole nitrogens is 2. The summed E-state index contributed by atoms with van der Waals surface area (Å²) in [4.78, 5) is 40.3. The minimum atomic E-state index is -1.20. The second-order valence-electron chi connectivity index (χ2n) is 16.4. The molecule has 5 unspecified atom stereocenters. The van der Waals surface area contributed by atoms with Crippen molar-refractivity contribution >= 4 is 44.7 Å². The molecule has 0 spiro atoms. The molecule has 0 saturated carbocycles. The van der Waals surface area contributed by atoms with Crippen LogP contribution in [0.15, 0.2) is 120 Å². The molecule has 64 heavy (non-hydrogen) atoms. The number of aliphatic hydroxyl groups excluding tert-OH is 1. The van der Waals surface area contributed by atoms with Gasteiger partial charge < -0.3 is 48.3 Å². The number of aliphatic hydroxyl groups is 2. The van der Waals surface area contributed by atoms with Crippen LogP contribution in [0.1, 0.15) is 31.9 Å². The van der Waals surface area contributed by atoms with E-state index in [2.05, 4.69) is 19.9 Å². The van der Waals surface area contributed by atoms with E-state index < -0.39 is 47.8 Å². The van der Waals surface area contributed by atoms with E-state index in [1.807, 2.05) is 34.7 Å². The van der Waals surface area contributed by atoms with Gasteiger partial charge in [0.15, 0.2) is 17.4 Å². The molecular formula is C47H39F2IN6O8. The maximum Gasteiger partial charge on any atom is 0.260 e. The number of rotatable bonds is 11. The van der Waals surface area contributed by atoms with Gasteiger partial charge in [-0.2, -0.15) is 0 Å². The highest BCUT2D eigenvalue weighted by molar-refractivity contribution is 14.1. The lowest BCUT2D eigenvalue weighted by Crippen LogP contribution is -2.34. The summed E-state index contributed by atoms with van der Waals surface area (Å²) in [7, 11) is 0. The van der Waals surface area contributed by atoms with E-state index in [-0.39, 0.29) is 23.3 Å². The summed E-state index contributed by atoms with van der Waals surface area (Å²) >= 11 is 2.04. The SMILES string of the molecule is CC(C)(O)CCOc1ccc(-c2cn(-c3ccc(C4OC5C(Oc6ccc(-c7cn(-c8cc(F)cc(I)c8)c8nc[nH]c(=O)c78)cc6)COC5C4O)c(F)c3)c3nc[nH]c(=O)c23)cc1. The Balaban J connectivity index is 0.863. The van der Waals surface area contributed by atoms with Crippen LogP contribution in [0.4, 0.5) is 8.78 Å². The van der Waals surface area contributed by atoms with Crippen molar-refractivity contribution in [3.63, 3.8) is 0 Å². The average molecular weight is 981 g/mol. The van der Waals surface area contributed by atoms with E-state index in [1.54, 1.807) is 90.0 Å². The summed E-state index contributed by atoms with van der Waals surface area (Å²) in [5.41, 5.74) is 2.74. The van der Waals surface area contributed by atoms with Crippen LogP contribution in [0.3, 0.4) is 0 Å². The number of aromatic amines is 2. The van der Waals surface area contributed by atoms with Crippen LogP contribution in [-0.2, 0) is 9.47 Å². The maximum absolute atomic E-state index is 16.2. The molecule has 4 N–H and O–H groups in total. The number of benzene rings is 4. The molecule has 10 rings (SSSR count). The number of nitrogens with one attached hydrogen (secondary N) is 2. The third-order valence-corrected chi connectivity index (χ3v) is 12.2. The summed E-state index contributed by atoms with van der Waals surface area (Å²) in [5, 5.41) is 22.1. The Kier molecular flexibility index (Phi) is 10.7. The second kappa shape index (κ2) is 16.4. The standard InChI is InChI=1S/C47H39F2IN6O8/c1-47(2,60)13-14-61-30-8-3-24(4-9-30)33-19-55(43-37(33)45(58)53-22-51-43)28-7-12-32(35(49)18-28)40-39(57)42-41(64-40)36(21-62-42)63-31-10-5-25(6-11-31)34-20-56(29-16-26(48)15-27(50)17-29)44-38(34)46(59)54-23-52-44/h3-12,15-20,22-23,36,39-42,57,60H,13-14,21H2,1-2H3,(H,51,53,58)(H,52,54,59). The number of ether oxygens (including phenoxy) is 4. The monoisotopic (exact) mass is 980 g/mol. The molecule has 5 atom stereocenters. The van der Waals surface area contributed by atoms with Crippen molar-refractivity contribution in [1.82, 2.24) is 29.1 Å². The molecule has 0 radical (unpaired) electrons. The number of nitrogens with zero attached hydrogens (tertiary/aromatic N) is 4. The minimum Gasteiger partial charge on any atom is -0.493 e. The van der Waals surface area contributed by atoms with Crippen LogP contribution in [0.25, 0.3) is 55.7 Å². The highest BCUT2D eigenvalue weighted by Gasteiger charge is 2.54. The topological polar surface area (TPSA) is 179 Å². The van der Waals surface area contributed by atoms with Crippen LogP contribution in [0.2, 0.25) is 0 Å². The van der Waals surface area contributed by atoms with Crippen LogP contribution in [0, 0.1) is 15.2 Å². The van der Waals surface area contributed by atoms with Gasteiger partial charge in [0.2, 0.25) is 0 Å². The smallest absolute Gasteiger partial charge is 0.260 e. The first-order valence-corrected chi connectivity index (χ1v) is 21.5. The minimum absolute atomic E-state index is 0.121. The lowest BCUT2D eigenvalue weighted by Gasteiger charge is -2.21. The Labute approximate surface area is 376 Å². The van der Waals surface area contributed by atoms with Crippen molar-refractivity contribution in [2.24, 2.45) is 0 Å². The molecule has 0 bridgehead atoms. The Morgan fingerprint density at radius 1 is 0.812 bits per heavy atom. The predicted molar refractivity (Wildman–Crippen MR) is 241 cm³/mol. The van der Waals surface area contributed by atoms with Gasteiger partial charge in [-0.3, -0.25) is 9.59 Å². The molecule has 0 aliphatic carbocycles. The zero-order chi connectivity index (χ0) is 44.4. The molecule has 2 saturated heterocycles. The van der Waals surface area contributed by atoms with Gasteiger partial charge in [0, 0.05) is 44.8 Å². The summed E-state index contributed by atoms with van der Waals surface area (Å²) in [6.45, 7) is 3.88. The Morgan fingerprint density at radius 3 is 2.02 bits per heavy atom. The third-order valence-electron chi connectivity index (χ3n) is 11.6. The molecule has 6 heterocycles. The summed E-state index contributed by atoms with van der Waals surface area (Å²) in [6.07, 6.45) is 2.12. The van der Waals surface area contributed by atoms with Gasteiger partial charge in [-0.1, -0.05) is 30.3 Å². The predicted octanol–water partition coefficient (Wildman–Crippen LogP) is 7.14. The average Bonchev–Trinajstić information content (AvgIpc) is 4.04. The van der Waals surface area contributed by atoms with Gasteiger partial charge in [0.1, 0.15) is 47.5 Å². The molecule has 0 amide bonds. The summed E-state index contributed by atoms with van der Waals surface area (Å²) in [5.74, 6) is 0.0251. The highest BCUT2D eigenvalue weighted by atomic mass is 127. The largest absolute Gasteiger partial charge is 0.493 e. The zero-order valence-corrected chi connectivity index (χ0v) is 36.3. The Morgan fingerprint density at radius 2 is 1.42 bits per heavy atom. The Bertz CT molecular complexity index is 3160. The van der Waals surface area contributed by atoms with Crippen LogP contribution >= 0.6 is 22.6 Å². The number of halogens is 3. The van der Waals surface area contributed by atoms with Gasteiger partial charge in [0.05, 0.1) is 47.9 Å². The number of hydrogen-bond donors (Lipinski definition) is 4. The fraction of sp³-hybridized carbons (Fsp3) is 0.234. The van der Waals surface area contributed by atoms with E-state index in [9.17, 15) is 24.2 Å². The first-order valence-electron chi connectivity index (χ1n) is 20.4. The molecule has 2 fully saturated rings. The van der Waals surface area contributed by atoms with Gasteiger partial charge in [0.25, 0.3) is 11.1 Å². The van der Waals surface area contributed by atoms with E-state index in [1.165, 1.54) is 30.9 Å². The van der Waals surface area contributed by atoms with E-state index in [4.69, 9.17) is 18.9 Å². The second-order valence-corrected chi connectivity index (χ2v) is 17.7. The molecule has 326 valence electrons. The molecule has 2 aliphatic heterocycles. The van der Waals surface area contributed by atoms with Crippen LogP contribution < -0.4 is 20.6 Å².